The van der Waals surface area contributed by atoms with E-state index in [9.17, 15) is 13.6 Å². The Morgan fingerprint density at radius 2 is 2.00 bits per heavy atom. The summed E-state index contributed by atoms with van der Waals surface area (Å²) >= 11 is 0. The fourth-order valence-corrected chi connectivity index (χ4v) is 3.00. The van der Waals surface area contributed by atoms with Gasteiger partial charge in [0.1, 0.15) is 11.6 Å². The molecule has 1 heterocycles. The molecular formula is C20H22F2N2O2. The average molecular weight is 360 g/mol. The summed E-state index contributed by atoms with van der Waals surface area (Å²) in [7, 11) is 0. The summed E-state index contributed by atoms with van der Waals surface area (Å²) in [4.78, 5) is 14.2. The SMILES string of the molecule is Cc1cc(CNC(=O)CN2CCOC(c3ccc(F)cc3)C2)ccc1F. The number of carbonyl (C=O) groups is 1. The monoisotopic (exact) mass is 360 g/mol. The quantitative estimate of drug-likeness (QED) is 0.891. The van der Waals surface area contributed by atoms with Gasteiger partial charge in [0.05, 0.1) is 19.3 Å². The highest BCUT2D eigenvalue weighted by atomic mass is 19.1. The summed E-state index contributed by atoms with van der Waals surface area (Å²) < 4.78 is 32.1. The Hall–Kier alpha value is -2.31. The zero-order valence-electron chi connectivity index (χ0n) is 14.7. The minimum Gasteiger partial charge on any atom is -0.371 e. The topological polar surface area (TPSA) is 41.6 Å². The Labute approximate surface area is 151 Å². The van der Waals surface area contributed by atoms with Crippen LogP contribution in [0.5, 0.6) is 0 Å². The van der Waals surface area contributed by atoms with E-state index in [0.717, 1.165) is 11.1 Å². The molecule has 0 bridgehead atoms. The number of morpholine rings is 1. The van der Waals surface area contributed by atoms with Gasteiger partial charge in [0, 0.05) is 19.6 Å². The molecule has 4 nitrogen and oxygen atoms in total. The molecule has 1 N–H and O–H groups in total. The van der Waals surface area contributed by atoms with Crippen LogP contribution in [0, 0.1) is 18.6 Å². The van der Waals surface area contributed by atoms with Crippen LogP contribution >= 0.6 is 0 Å². The lowest BCUT2D eigenvalue weighted by Crippen LogP contribution is -2.44. The predicted molar refractivity (Wildman–Crippen MR) is 94.5 cm³/mol. The van der Waals surface area contributed by atoms with Crippen LogP contribution in [0.15, 0.2) is 42.5 Å². The van der Waals surface area contributed by atoms with Crippen molar-refractivity contribution in [2.24, 2.45) is 0 Å². The zero-order valence-corrected chi connectivity index (χ0v) is 14.7. The third kappa shape index (κ3) is 4.86. The first kappa shape index (κ1) is 18.5. The van der Waals surface area contributed by atoms with Crippen molar-refractivity contribution >= 4 is 5.91 Å². The Kier molecular flexibility index (Phi) is 5.96. The number of rotatable bonds is 5. The van der Waals surface area contributed by atoms with E-state index >= 15 is 0 Å². The van der Waals surface area contributed by atoms with Gasteiger partial charge >= 0.3 is 0 Å². The molecule has 1 aliphatic rings. The first-order valence-electron chi connectivity index (χ1n) is 8.62. The first-order valence-corrected chi connectivity index (χ1v) is 8.62. The summed E-state index contributed by atoms with van der Waals surface area (Å²) in [6.07, 6.45) is -0.170. The summed E-state index contributed by atoms with van der Waals surface area (Å²) in [5.74, 6) is -0.621. The second kappa shape index (κ2) is 8.38. The van der Waals surface area contributed by atoms with Crippen molar-refractivity contribution in [2.45, 2.75) is 19.6 Å². The van der Waals surface area contributed by atoms with E-state index in [2.05, 4.69) is 5.32 Å². The molecule has 0 aliphatic carbocycles. The standard InChI is InChI=1S/C20H22F2N2O2/c1-14-10-15(2-7-18(14)22)11-23-20(25)13-24-8-9-26-19(12-24)16-3-5-17(21)6-4-16/h2-7,10,19H,8-9,11-13H2,1H3,(H,23,25). The normalized spacial score (nSPS) is 17.9. The van der Waals surface area contributed by atoms with Gasteiger partial charge in [0.15, 0.2) is 0 Å². The van der Waals surface area contributed by atoms with Crippen molar-refractivity contribution in [1.29, 1.82) is 0 Å². The number of carbonyl (C=O) groups excluding carboxylic acids is 1. The lowest BCUT2D eigenvalue weighted by molar-refractivity contribution is -0.124. The molecular weight excluding hydrogens is 338 g/mol. The van der Waals surface area contributed by atoms with Crippen molar-refractivity contribution < 1.29 is 18.3 Å². The van der Waals surface area contributed by atoms with E-state index in [1.165, 1.54) is 18.2 Å². The van der Waals surface area contributed by atoms with Crippen molar-refractivity contribution in [3.63, 3.8) is 0 Å². The van der Waals surface area contributed by atoms with Crippen LogP contribution in [0.4, 0.5) is 8.78 Å². The maximum absolute atomic E-state index is 13.3. The largest absolute Gasteiger partial charge is 0.371 e. The molecule has 1 fully saturated rings. The van der Waals surface area contributed by atoms with Crippen LogP contribution in [0.2, 0.25) is 0 Å². The minimum atomic E-state index is -0.281. The van der Waals surface area contributed by atoms with Crippen molar-refractivity contribution in [1.82, 2.24) is 10.2 Å². The van der Waals surface area contributed by atoms with Gasteiger partial charge in [-0.3, -0.25) is 9.69 Å². The van der Waals surface area contributed by atoms with Crippen LogP contribution in [0.3, 0.4) is 0 Å². The van der Waals surface area contributed by atoms with Crippen molar-refractivity contribution in [3.05, 3.63) is 70.8 Å². The van der Waals surface area contributed by atoms with Crippen molar-refractivity contribution in [2.75, 3.05) is 26.2 Å². The van der Waals surface area contributed by atoms with E-state index in [4.69, 9.17) is 4.74 Å². The molecule has 1 aliphatic heterocycles. The predicted octanol–water partition coefficient (Wildman–Crippen LogP) is 2.96. The molecule has 1 atom stereocenters. The number of hydrogen-bond acceptors (Lipinski definition) is 3. The number of nitrogens with zero attached hydrogens (tertiary/aromatic N) is 1. The summed E-state index contributed by atoms with van der Waals surface area (Å²) in [5, 5.41) is 2.86. The third-order valence-corrected chi connectivity index (χ3v) is 4.47. The van der Waals surface area contributed by atoms with Crippen LogP contribution in [-0.4, -0.2) is 37.0 Å². The Morgan fingerprint density at radius 3 is 2.73 bits per heavy atom. The molecule has 0 spiro atoms. The number of aryl methyl sites for hydroxylation is 1. The van der Waals surface area contributed by atoms with E-state index in [1.54, 1.807) is 31.2 Å². The second-order valence-corrected chi connectivity index (χ2v) is 6.51. The number of ether oxygens (including phenoxy) is 1. The van der Waals surface area contributed by atoms with E-state index in [1.807, 2.05) is 4.90 Å². The average Bonchev–Trinajstić information content (AvgIpc) is 2.63. The van der Waals surface area contributed by atoms with Gasteiger partial charge < -0.3 is 10.1 Å². The molecule has 1 saturated heterocycles. The Bertz CT molecular complexity index is 765. The molecule has 1 unspecified atom stereocenters. The summed E-state index contributed by atoms with van der Waals surface area (Å²) in [6.45, 7) is 4.10. The highest BCUT2D eigenvalue weighted by Gasteiger charge is 2.23. The fourth-order valence-electron chi connectivity index (χ4n) is 3.00. The van der Waals surface area contributed by atoms with Gasteiger partial charge in [0.25, 0.3) is 0 Å². The lowest BCUT2D eigenvalue weighted by atomic mass is 10.1. The molecule has 2 aromatic carbocycles. The van der Waals surface area contributed by atoms with Gasteiger partial charge in [-0.05, 0) is 41.8 Å². The van der Waals surface area contributed by atoms with Gasteiger partial charge in [0.2, 0.25) is 5.91 Å². The highest BCUT2D eigenvalue weighted by molar-refractivity contribution is 5.78. The van der Waals surface area contributed by atoms with Crippen molar-refractivity contribution in [3.8, 4) is 0 Å². The number of nitrogens with one attached hydrogen (secondary N) is 1. The van der Waals surface area contributed by atoms with Crippen LogP contribution in [0.1, 0.15) is 22.8 Å². The molecule has 0 saturated carbocycles. The maximum Gasteiger partial charge on any atom is 0.234 e. The summed E-state index contributed by atoms with van der Waals surface area (Å²) in [5.41, 5.74) is 2.33. The maximum atomic E-state index is 13.3. The molecule has 0 aromatic heterocycles. The third-order valence-electron chi connectivity index (χ3n) is 4.47. The minimum absolute atomic E-state index is 0.0910. The van der Waals surface area contributed by atoms with Gasteiger partial charge in [-0.25, -0.2) is 8.78 Å². The van der Waals surface area contributed by atoms with Crippen LogP contribution in [0.25, 0.3) is 0 Å². The molecule has 2 aromatic rings. The Morgan fingerprint density at radius 1 is 1.23 bits per heavy atom. The van der Waals surface area contributed by atoms with E-state index in [0.29, 0.717) is 31.8 Å². The molecule has 0 radical (unpaired) electrons. The van der Waals surface area contributed by atoms with Gasteiger partial charge in [-0.2, -0.15) is 0 Å². The van der Waals surface area contributed by atoms with Gasteiger partial charge in [-0.15, -0.1) is 0 Å². The zero-order chi connectivity index (χ0) is 18.5. The number of hydrogen-bond donors (Lipinski definition) is 1. The molecule has 6 heteroatoms. The van der Waals surface area contributed by atoms with E-state index < -0.39 is 0 Å². The van der Waals surface area contributed by atoms with Crippen LogP contribution in [-0.2, 0) is 16.1 Å². The number of amides is 1. The molecule has 26 heavy (non-hydrogen) atoms. The van der Waals surface area contributed by atoms with Gasteiger partial charge in [-0.1, -0.05) is 24.3 Å². The van der Waals surface area contributed by atoms with Crippen LogP contribution < -0.4 is 5.32 Å². The smallest absolute Gasteiger partial charge is 0.234 e. The first-order chi connectivity index (χ1) is 12.5. The second-order valence-electron chi connectivity index (χ2n) is 6.51. The Balaban J connectivity index is 1.50. The molecule has 3 rings (SSSR count). The van der Waals surface area contributed by atoms with E-state index in [-0.39, 0.29) is 30.2 Å². The number of benzene rings is 2. The highest BCUT2D eigenvalue weighted by Crippen LogP contribution is 2.22. The summed E-state index contributed by atoms with van der Waals surface area (Å²) in [6, 6.07) is 11.0. The number of halogens is 2. The molecule has 138 valence electrons. The molecule has 1 amide bonds. The fraction of sp³-hybridized carbons (Fsp3) is 0.350. The lowest BCUT2D eigenvalue weighted by Gasteiger charge is -2.32.